The molecule has 0 saturated carbocycles. The van der Waals surface area contributed by atoms with Crippen molar-refractivity contribution in [1.82, 2.24) is 0 Å². The predicted molar refractivity (Wildman–Crippen MR) is 68.5 cm³/mol. The highest BCUT2D eigenvalue weighted by Gasteiger charge is 2.21. The van der Waals surface area contributed by atoms with Gasteiger partial charge in [0.15, 0.2) is 11.5 Å². The predicted octanol–water partition coefficient (Wildman–Crippen LogP) is 2.58. The molecule has 0 fully saturated rings. The highest BCUT2D eigenvalue weighted by molar-refractivity contribution is 6.03. The molecule has 0 unspecified atom stereocenters. The number of ether oxygens (including phenoxy) is 1. The molecule has 0 aliphatic carbocycles. The maximum atomic E-state index is 11.2. The van der Waals surface area contributed by atoms with Gasteiger partial charge in [0.05, 0.1) is 5.56 Å². The largest absolute Gasteiger partial charge is 0.504 e. The summed E-state index contributed by atoms with van der Waals surface area (Å²) < 4.78 is 5.30. The Balaban J connectivity index is 2.52. The Bertz CT molecular complexity index is 677. The third-order valence-electron chi connectivity index (χ3n) is 2.56. The second-order valence-electron chi connectivity index (χ2n) is 3.86. The molecule has 0 aromatic heterocycles. The molecule has 2 rings (SSSR count). The van der Waals surface area contributed by atoms with Crippen LogP contribution in [-0.4, -0.2) is 27.3 Å². The van der Waals surface area contributed by atoms with Gasteiger partial charge in [-0.25, -0.2) is 9.59 Å². The highest BCUT2D eigenvalue weighted by Crippen LogP contribution is 2.33. The maximum Gasteiger partial charge on any atom is 0.340 e. The van der Waals surface area contributed by atoms with Gasteiger partial charge in [-0.15, -0.1) is 0 Å². The number of carboxylic acid groups (broad SMARTS) is 2. The van der Waals surface area contributed by atoms with E-state index in [1.807, 2.05) is 0 Å². The van der Waals surface area contributed by atoms with Crippen LogP contribution in [0.1, 0.15) is 20.7 Å². The number of carboxylic acids is 2. The molecule has 0 bridgehead atoms. The topological polar surface area (TPSA) is 104 Å². The smallest absolute Gasteiger partial charge is 0.340 e. The SMILES string of the molecule is O=C(O)c1cccc(Oc2ccccc2O)c1C(=O)O. The molecule has 0 amide bonds. The van der Waals surface area contributed by atoms with Gasteiger partial charge in [0, 0.05) is 0 Å². The third-order valence-corrected chi connectivity index (χ3v) is 2.56. The number of carbonyl (C=O) groups is 2. The van der Waals surface area contributed by atoms with Gasteiger partial charge in [0.1, 0.15) is 11.3 Å². The van der Waals surface area contributed by atoms with Crippen molar-refractivity contribution in [2.24, 2.45) is 0 Å². The molecule has 0 spiro atoms. The van der Waals surface area contributed by atoms with Gasteiger partial charge in [0.25, 0.3) is 0 Å². The van der Waals surface area contributed by atoms with Crippen LogP contribution in [0.3, 0.4) is 0 Å². The fourth-order valence-corrected chi connectivity index (χ4v) is 1.68. The van der Waals surface area contributed by atoms with Crippen molar-refractivity contribution < 1.29 is 29.6 Å². The number of para-hydroxylation sites is 2. The summed E-state index contributed by atoms with van der Waals surface area (Å²) in [5, 5.41) is 27.7. The van der Waals surface area contributed by atoms with Crippen LogP contribution in [0.25, 0.3) is 0 Å². The van der Waals surface area contributed by atoms with Gasteiger partial charge in [-0.2, -0.15) is 0 Å². The molecule has 20 heavy (non-hydrogen) atoms. The van der Waals surface area contributed by atoms with E-state index in [1.54, 1.807) is 12.1 Å². The lowest BCUT2D eigenvalue weighted by atomic mass is 10.1. The van der Waals surface area contributed by atoms with Crippen LogP contribution in [0.2, 0.25) is 0 Å². The monoisotopic (exact) mass is 274 g/mol. The molecule has 0 aliphatic heterocycles. The summed E-state index contributed by atoms with van der Waals surface area (Å²) in [6.07, 6.45) is 0. The molecule has 3 N–H and O–H groups in total. The first-order chi connectivity index (χ1) is 9.50. The zero-order chi connectivity index (χ0) is 14.7. The number of aromatic hydroxyl groups is 1. The average molecular weight is 274 g/mol. The Labute approximate surface area is 113 Å². The standard InChI is InChI=1S/C14H10O6/c15-9-5-1-2-6-10(9)20-11-7-3-4-8(13(16)17)12(11)14(18)19/h1-7,15H,(H,16,17)(H,18,19). The fraction of sp³-hybridized carbons (Fsp3) is 0. The van der Waals surface area contributed by atoms with Gasteiger partial charge < -0.3 is 20.1 Å². The molecular weight excluding hydrogens is 264 g/mol. The molecule has 102 valence electrons. The van der Waals surface area contributed by atoms with E-state index >= 15 is 0 Å². The van der Waals surface area contributed by atoms with E-state index in [-0.39, 0.29) is 22.8 Å². The van der Waals surface area contributed by atoms with E-state index in [4.69, 9.17) is 14.9 Å². The Kier molecular flexibility index (Phi) is 3.56. The summed E-state index contributed by atoms with van der Waals surface area (Å²) in [4.78, 5) is 22.2. The number of rotatable bonds is 4. The van der Waals surface area contributed by atoms with Gasteiger partial charge in [-0.05, 0) is 24.3 Å². The van der Waals surface area contributed by atoms with Crippen molar-refractivity contribution in [3.05, 3.63) is 53.6 Å². The lowest BCUT2D eigenvalue weighted by molar-refractivity contribution is 0.0649. The van der Waals surface area contributed by atoms with Gasteiger partial charge in [-0.3, -0.25) is 0 Å². The summed E-state index contributed by atoms with van der Waals surface area (Å²) in [5.74, 6) is -3.08. The molecule has 0 radical (unpaired) electrons. The minimum Gasteiger partial charge on any atom is -0.504 e. The van der Waals surface area contributed by atoms with Crippen LogP contribution < -0.4 is 4.74 Å². The van der Waals surface area contributed by atoms with Gasteiger partial charge in [-0.1, -0.05) is 18.2 Å². The number of hydrogen-bond acceptors (Lipinski definition) is 4. The minimum atomic E-state index is -1.42. The number of aromatic carboxylic acids is 2. The Morgan fingerprint density at radius 3 is 2.10 bits per heavy atom. The van der Waals surface area contributed by atoms with Crippen LogP contribution >= 0.6 is 0 Å². The van der Waals surface area contributed by atoms with E-state index in [1.165, 1.54) is 30.3 Å². The van der Waals surface area contributed by atoms with Crippen LogP contribution in [0, 0.1) is 0 Å². The van der Waals surface area contributed by atoms with Crippen LogP contribution in [0.15, 0.2) is 42.5 Å². The minimum absolute atomic E-state index is 0.0394. The fourth-order valence-electron chi connectivity index (χ4n) is 1.68. The summed E-state index contributed by atoms with van der Waals surface area (Å²) >= 11 is 0. The number of phenolic OH excluding ortho intramolecular Hbond substituents is 1. The summed E-state index contributed by atoms with van der Waals surface area (Å²) in [5.41, 5.74) is -0.853. The van der Waals surface area contributed by atoms with Crippen LogP contribution in [0.4, 0.5) is 0 Å². The summed E-state index contributed by atoms with van der Waals surface area (Å²) in [6.45, 7) is 0. The molecule has 2 aromatic rings. The van der Waals surface area contributed by atoms with E-state index in [9.17, 15) is 14.7 Å². The summed E-state index contributed by atoms with van der Waals surface area (Å²) in [6, 6.07) is 9.84. The molecule has 0 heterocycles. The van der Waals surface area contributed by atoms with Crippen molar-refractivity contribution >= 4 is 11.9 Å². The molecule has 0 aliphatic rings. The second-order valence-corrected chi connectivity index (χ2v) is 3.86. The van der Waals surface area contributed by atoms with Gasteiger partial charge >= 0.3 is 11.9 Å². The van der Waals surface area contributed by atoms with Crippen molar-refractivity contribution in [1.29, 1.82) is 0 Å². The van der Waals surface area contributed by atoms with E-state index in [0.29, 0.717) is 0 Å². The first-order valence-corrected chi connectivity index (χ1v) is 5.56. The zero-order valence-corrected chi connectivity index (χ0v) is 10.1. The van der Waals surface area contributed by atoms with Crippen molar-refractivity contribution in [2.75, 3.05) is 0 Å². The normalized spacial score (nSPS) is 10.0. The molecule has 2 aromatic carbocycles. The molecule has 0 atom stereocenters. The molecule has 6 heteroatoms. The lowest BCUT2D eigenvalue weighted by Gasteiger charge is -2.11. The van der Waals surface area contributed by atoms with Crippen LogP contribution in [-0.2, 0) is 0 Å². The number of phenols is 1. The average Bonchev–Trinajstić information content (AvgIpc) is 2.40. The molecule has 6 nitrogen and oxygen atoms in total. The van der Waals surface area contributed by atoms with Crippen molar-refractivity contribution in [3.8, 4) is 17.2 Å². The van der Waals surface area contributed by atoms with E-state index < -0.39 is 17.5 Å². The first-order valence-electron chi connectivity index (χ1n) is 5.56. The third kappa shape index (κ3) is 2.54. The van der Waals surface area contributed by atoms with Crippen molar-refractivity contribution in [2.45, 2.75) is 0 Å². The first kappa shape index (κ1) is 13.4. The Hall–Kier alpha value is -3.02. The Morgan fingerprint density at radius 2 is 1.50 bits per heavy atom. The van der Waals surface area contributed by atoms with Gasteiger partial charge in [0.2, 0.25) is 0 Å². The maximum absolute atomic E-state index is 11.2. The highest BCUT2D eigenvalue weighted by atomic mass is 16.5. The van der Waals surface area contributed by atoms with Crippen LogP contribution in [0.5, 0.6) is 17.2 Å². The lowest BCUT2D eigenvalue weighted by Crippen LogP contribution is -2.09. The zero-order valence-electron chi connectivity index (χ0n) is 10.1. The molecule has 0 saturated heterocycles. The summed E-state index contributed by atoms with van der Waals surface area (Å²) in [7, 11) is 0. The Morgan fingerprint density at radius 1 is 0.850 bits per heavy atom. The number of benzene rings is 2. The van der Waals surface area contributed by atoms with Crippen molar-refractivity contribution in [3.63, 3.8) is 0 Å². The van der Waals surface area contributed by atoms with E-state index in [0.717, 1.165) is 0 Å². The molecular formula is C14H10O6. The van der Waals surface area contributed by atoms with E-state index in [2.05, 4.69) is 0 Å². The quantitative estimate of drug-likeness (QED) is 0.791. The second kappa shape index (κ2) is 5.31. The number of hydrogen-bond donors (Lipinski definition) is 3.